The third-order valence-electron chi connectivity index (χ3n) is 4.58. The van der Waals surface area contributed by atoms with Crippen molar-refractivity contribution in [2.75, 3.05) is 26.2 Å². The average molecular weight is 373 g/mol. The molecule has 0 spiro atoms. The zero-order valence-electron chi connectivity index (χ0n) is 14.5. The van der Waals surface area contributed by atoms with Gasteiger partial charge in [0.1, 0.15) is 4.90 Å². The molecule has 1 heterocycles. The Morgan fingerprint density at radius 1 is 1.25 bits per heavy atom. The number of carbonyl (C=O) groups is 1. The highest BCUT2D eigenvalue weighted by Crippen LogP contribution is 2.29. The van der Waals surface area contributed by atoms with Crippen LogP contribution in [0.5, 0.6) is 0 Å². The summed E-state index contributed by atoms with van der Waals surface area (Å²) >= 11 is 6.12. The van der Waals surface area contributed by atoms with Gasteiger partial charge in [-0.1, -0.05) is 17.7 Å². The van der Waals surface area contributed by atoms with Crippen LogP contribution in [0, 0.1) is 12.8 Å². The number of amides is 1. The molecule has 24 heavy (non-hydrogen) atoms. The number of sulfonamides is 1. The van der Waals surface area contributed by atoms with Crippen molar-refractivity contribution in [1.82, 2.24) is 9.21 Å². The second-order valence-corrected chi connectivity index (χ2v) is 8.44. The number of halogens is 1. The maximum absolute atomic E-state index is 12.8. The lowest BCUT2D eigenvalue weighted by Crippen LogP contribution is -2.44. The summed E-state index contributed by atoms with van der Waals surface area (Å²) < 4.78 is 27.0. The fraction of sp³-hybridized carbons (Fsp3) is 0.588. The van der Waals surface area contributed by atoms with Crippen LogP contribution in [0.15, 0.2) is 23.1 Å². The minimum Gasteiger partial charge on any atom is -0.343 e. The second-order valence-electron chi connectivity index (χ2n) is 6.12. The quantitative estimate of drug-likeness (QED) is 0.798. The van der Waals surface area contributed by atoms with Crippen LogP contribution in [0.3, 0.4) is 0 Å². The normalized spacial score (nSPS) is 17.0. The summed E-state index contributed by atoms with van der Waals surface area (Å²) in [4.78, 5) is 14.4. The summed E-state index contributed by atoms with van der Waals surface area (Å²) in [5, 5.41) is 0.247. The summed E-state index contributed by atoms with van der Waals surface area (Å²) in [6, 6.07) is 4.96. The molecular weight excluding hydrogens is 348 g/mol. The molecule has 0 saturated carbocycles. The number of benzene rings is 1. The molecule has 0 N–H and O–H groups in total. The minimum atomic E-state index is -3.61. The number of rotatable bonds is 5. The SMILES string of the molecule is CCN(CC)C(=O)C1CCN(S(=O)(=O)c2ccc(C)cc2Cl)CC1. The van der Waals surface area contributed by atoms with Crippen molar-refractivity contribution in [3.8, 4) is 0 Å². The van der Waals surface area contributed by atoms with Gasteiger partial charge in [-0.05, 0) is 51.3 Å². The number of nitrogens with zero attached hydrogens (tertiary/aromatic N) is 2. The van der Waals surface area contributed by atoms with Crippen molar-refractivity contribution in [3.05, 3.63) is 28.8 Å². The van der Waals surface area contributed by atoms with E-state index in [1.54, 1.807) is 18.2 Å². The van der Waals surface area contributed by atoms with Gasteiger partial charge in [0.25, 0.3) is 0 Å². The van der Waals surface area contributed by atoms with Gasteiger partial charge >= 0.3 is 0 Å². The zero-order valence-corrected chi connectivity index (χ0v) is 16.0. The summed E-state index contributed by atoms with van der Waals surface area (Å²) in [6.45, 7) is 7.86. The summed E-state index contributed by atoms with van der Waals surface area (Å²) in [5.41, 5.74) is 0.919. The van der Waals surface area contributed by atoms with Crippen LogP contribution in [0.25, 0.3) is 0 Å². The van der Waals surface area contributed by atoms with E-state index in [0.717, 1.165) is 5.56 Å². The van der Waals surface area contributed by atoms with Crippen molar-refractivity contribution in [1.29, 1.82) is 0 Å². The Morgan fingerprint density at radius 2 is 1.83 bits per heavy atom. The molecule has 134 valence electrons. The van der Waals surface area contributed by atoms with Gasteiger partial charge in [-0.15, -0.1) is 0 Å². The van der Waals surface area contributed by atoms with Gasteiger partial charge < -0.3 is 4.90 Å². The van der Waals surface area contributed by atoms with E-state index in [9.17, 15) is 13.2 Å². The molecule has 1 fully saturated rings. The Labute approximate surface area is 149 Å². The largest absolute Gasteiger partial charge is 0.343 e. The lowest BCUT2D eigenvalue weighted by Gasteiger charge is -2.33. The molecule has 2 rings (SSSR count). The van der Waals surface area contributed by atoms with Crippen LogP contribution in [-0.4, -0.2) is 49.7 Å². The molecule has 7 heteroatoms. The van der Waals surface area contributed by atoms with E-state index in [0.29, 0.717) is 39.0 Å². The first-order valence-electron chi connectivity index (χ1n) is 8.36. The van der Waals surface area contributed by atoms with E-state index in [-0.39, 0.29) is 21.7 Å². The van der Waals surface area contributed by atoms with E-state index >= 15 is 0 Å². The molecule has 0 unspecified atom stereocenters. The average Bonchev–Trinajstić information content (AvgIpc) is 2.55. The van der Waals surface area contributed by atoms with Crippen LogP contribution in [0.4, 0.5) is 0 Å². The number of hydrogen-bond acceptors (Lipinski definition) is 3. The van der Waals surface area contributed by atoms with Crippen LogP contribution in [0.1, 0.15) is 32.3 Å². The standard InChI is InChI=1S/C17H25ClN2O3S/c1-4-19(5-2)17(21)14-8-10-20(11-9-14)24(22,23)16-7-6-13(3)12-15(16)18/h6-7,12,14H,4-5,8-11H2,1-3H3. The lowest BCUT2D eigenvalue weighted by atomic mass is 9.96. The first-order valence-corrected chi connectivity index (χ1v) is 10.2. The van der Waals surface area contributed by atoms with Crippen molar-refractivity contribution in [2.24, 2.45) is 5.92 Å². The molecule has 1 saturated heterocycles. The van der Waals surface area contributed by atoms with Crippen LogP contribution in [-0.2, 0) is 14.8 Å². The molecule has 1 amide bonds. The molecular formula is C17H25ClN2O3S. The molecule has 5 nitrogen and oxygen atoms in total. The Kier molecular flexibility index (Phi) is 6.28. The Balaban J connectivity index is 2.10. The number of hydrogen-bond donors (Lipinski definition) is 0. The smallest absolute Gasteiger partial charge is 0.244 e. The lowest BCUT2D eigenvalue weighted by molar-refractivity contribution is -0.136. The van der Waals surface area contributed by atoms with Gasteiger partial charge in [0, 0.05) is 32.1 Å². The van der Waals surface area contributed by atoms with E-state index in [1.165, 1.54) is 4.31 Å². The molecule has 1 aromatic rings. The molecule has 1 aliphatic rings. The number of carbonyl (C=O) groups excluding carboxylic acids is 1. The van der Waals surface area contributed by atoms with Crippen molar-refractivity contribution >= 4 is 27.5 Å². The minimum absolute atomic E-state index is 0.0927. The Bertz CT molecular complexity index is 694. The van der Waals surface area contributed by atoms with E-state index in [2.05, 4.69) is 0 Å². The second kappa shape index (κ2) is 7.85. The van der Waals surface area contributed by atoms with E-state index in [4.69, 9.17) is 11.6 Å². The van der Waals surface area contributed by atoms with Gasteiger partial charge in [-0.3, -0.25) is 4.79 Å². The highest BCUT2D eigenvalue weighted by atomic mass is 35.5. The third kappa shape index (κ3) is 3.92. The first-order chi connectivity index (χ1) is 11.3. The number of piperidine rings is 1. The molecule has 1 aromatic carbocycles. The van der Waals surface area contributed by atoms with Gasteiger partial charge in [0.15, 0.2) is 0 Å². The maximum Gasteiger partial charge on any atom is 0.244 e. The predicted octanol–water partition coefficient (Wildman–Crippen LogP) is 2.92. The van der Waals surface area contributed by atoms with Crippen molar-refractivity contribution in [2.45, 2.75) is 38.5 Å². The Hall–Kier alpha value is -1.11. The summed E-state index contributed by atoms with van der Waals surface area (Å²) in [6.07, 6.45) is 1.11. The molecule has 0 aliphatic carbocycles. The first kappa shape index (κ1) is 19.2. The highest BCUT2D eigenvalue weighted by molar-refractivity contribution is 7.89. The van der Waals surface area contributed by atoms with Crippen LogP contribution < -0.4 is 0 Å². The van der Waals surface area contributed by atoms with Gasteiger partial charge in [-0.2, -0.15) is 4.31 Å². The molecule has 0 bridgehead atoms. The Morgan fingerprint density at radius 3 is 2.33 bits per heavy atom. The van der Waals surface area contributed by atoms with Crippen LogP contribution in [0.2, 0.25) is 5.02 Å². The summed E-state index contributed by atoms with van der Waals surface area (Å²) in [7, 11) is -3.61. The van der Waals surface area contributed by atoms with Gasteiger partial charge in [-0.25, -0.2) is 8.42 Å². The molecule has 1 aliphatic heterocycles. The van der Waals surface area contributed by atoms with Crippen molar-refractivity contribution in [3.63, 3.8) is 0 Å². The van der Waals surface area contributed by atoms with Crippen LogP contribution >= 0.6 is 11.6 Å². The predicted molar refractivity (Wildman–Crippen MR) is 95.6 cm³/mol. The molecule has 0 atom stereocenters. The van der Waals surface area contributed by atoms with E-state index in [1.807, 2.05) is 25.7 Å². The van der Waals surface area contributed by atoms with Crippen molar-refractivity contribution < 1.29 is 13.2 Å². The zero-order chi connectivity index (χ0) is 17.9. The molecule has 0 radical (unpaired) electrons. The fourth-order valence-corrected chi connectivity index (χ4v) is 5.13. The maximum atomic E-state index is 12.8. The van der Waals surface area contributed by atoms with Gasteiger partial charge in [0.2, 0.25) is 15.9 Å². The topological polar surface area (TPSA) is 57.7 Å². The monoisotopic (exact) mass is 372 g/mol. The molecule has 0 aromatic heterocycles. The third-order valence-corrected chi connectivity index (χ3v) is 6.97. The summed E-state index contributed by atoms with van der Waals surface area (Å²) in [5.74, 6) is 0.0373. The number of aryl methyl sites for hydroxylation is 1. The van der Waals surface area contributed by atoms with E-state index < -0.39 is 10.0 Å². The van der Waals surface area contributed by atoms with Gasteiger partial charge in [0.05, 0.1) is 5.02 Å². The highest BCUT2D eigenvalue weighted by Gasteiger charge is 2.34. The fourth-order valence-electron chi connectivity index (χ4n) is 3.09.